The average molecular weight is 436 g/mol. The Kier molecular flexibility index (Phi) is 6.18. The van der Waals surface area contributed by atoms with Gasteiger partial charge in [0.15, 0.2) is 10.9 Å². The van der Waals surface area contributed by atoms with Gasteiger partial charge in [0, 0.05) is 16.9 Å². The Hall–Kier alpha value is -1.51. The highest BCUT2D eigenvalue weighted by Gasteiger charge is 2.38. The van der Waals surface area contributed by atoms with Crippen LogP contribution in [0.25, 0.3) is 0 Å². The molecule has 0 aliphatic heterocycles. The fraction of sp³-hybridized carbons (Fsp3) is 0.353. The molecule has 1 amide bonds. The summed E-state index contributed by atoms with van der Waals surface area (Å²) in [6.07, 6.45) is -2.24. The number of carbonyl (C=O) groups excluding carboxylic acids is 1. The van der Waals surface area contributed by atoms with Crippen molar-refractivity contribution in [2.24, 2.45) is 0 Å². The number of halogens is 5. The summed E-state index contributed by atoms with van der Waals surface area (Å²) in [4.78, 5) is 20.0. The maximum Gasteiger partial charge on any atom is 0.433 e. The fourth-order valence-corrected chi connectivity index (χ4v) is 3.73. The van der Waals surface area contributed by atoms with Gasteiger partial charge in [0.05, 0.1) is 15.8 Å². The van der Waals surface area contributed by atoms with Gasteiger partial charge in [0.2, 0.25) is 5.91 Å². The summed E-state index contributed by atoms with van der Waals surface area (Å²) in [6.45, 7) is 0. The van der Waals surface area contributed by atoms with E-state index in [-0.39, 0.29) is 21.5 Å². The van der Waals surface area contributed by atoms with Crippen molar-refractivity contribution in [3.05, 3.63) is 45.2 Å². The lowest BCUT2D eigenvalue weighted by Crippen LogP contribution is -2.20. The van der Waals surface area contributed by atoms with Crippen LogP contribution in [-0.4, -0.2) is 21.6 Å². The zero-order valence-electron chi connectivity index (χ0n) is 13.9. The first kappa shape index (κ1) is 20.2. The Labute approximate surface area is 167 Å². The van der Waals surface area contributed by atoms with E-state index in [0.29, 0.717) is 35.7 Å². The molecule has 144 valence electrons. The Morgan fingerprint density at radius 1 is 1.15 bits per heavy atom. The molecular weight excluding hydrogens is 422 g/mol. The van der Waals surface area contributed by atoms with Gasteiger partial charge in [-0.1, -0.05) is 35.0 Å². The highest BCUT2D eigenvalue weighted by atomic mass is 35.5. The van der Waals surface area contributed by atoms with Crippen LogP contribution in [0.5, 0.6) is 0 Å². The monoisotopic (exact) mass is 435 g/mol. The highest BCUT2D eigenvalue weighted by Crippen LogP contribution is 2.35. The summed E-state index contributed by atoms with van der Waals surface area (Å²) in [5.41, 5.74) is 0.159. The maximum absolute atomic E-state index is 13.3. The Bertz CT molecular complexity index is 877. The van der Waals surface area contributed by atoms with Crippen LogP contribution in [0.2, 0.25) is 10.0 Å². The lowest BCUT2D eigenvalue weighted by atomic mass is 9.94. The number of rotatable bonds is 4. The van der Waals surface area contributed by atoms with Crippen molar-refractivity contribution in [2.45, 2.75) is 37.0 Å². The molecule has 0 atom stereocenters. The van der Waals surface area contributed by atoms with E-state index >= 15 is 0 Å². The van der Waals surface area contributed by atoms with E-state index in [4.69, 9.17) is 23.2 Å². The van der Waals surface area contributed by atoms with Crippen LogP contribution in [-0.2, 0) is 23.8 Å². The second-order valence-electron chi connectivity index (χ2n) is 5.95. The van der Waals surface area contributed by atoms with Gasteiger partial charge in [-0.15, -0.1) is 0 Å². The van der Waals surface area contributed by atoms with Crippen LogP contribution in [0.3, 0.4) is 0 Å². The number of anilines is 1. The molecule has 1 aromatic carbocycles. The summed E-state index contributed by atoms with van der Waals surface area (Å²) in [5.74, 6) is -0.538. The lowest BCUT2D eigenvalue weighted by molar-refractivity contribution is -0.142. The number of aromatic nitrogens is 2. The molecule has 1 aromatic heterocycles. The molecule has 0 fully saturated rings. The van der Waals surface area contributed by atoms with E-state index in [0.717, 1.165) is 18.2 Å². The molecule has 0 bridgehead atoms. The van der Waals surface area contributed by atoms with Gasteiger partial charge in [-0.3, -0.25) is 4.79 Å². The second kappa shape index (κ2) is 8.24. The number of hydrogen-bond donors (Lipinski definition) is 1. The third-order valence-electron chi connectivity index (χ3n) is 3.97. The molecule has 1 aliphatic rings. The first-order valence-corrected chi connectivity index (χ1v) is 9.83. The van der Waals surface area contributed by atoms with Crippen molar-refractivity contribution >= 4 is 46.6 Å². The van der Waals surface area contributed by atoms with E-state index in [2.05, 4.69) is 15.3 Å². The molecule has 10 heteroatoms. The topological polar surface area (TPSA) is 54.9 Å². The highest BCUT2D eigenvalue weighted by molar-refractivity contribution is 7.99. The summed E-state index contributed by atoms with van der Waals surface area (Å²) in [7, 11) is 0. The number of thioether (sulfide) groups is 1. The molecule has 1 heterocycles. The molecule has 4 nitrogen and oxygen atoms in total. The number of fused-ring (bicyclic) bond motifs is 1. The Morgan fingerprint density at radius 3 is 2.59 bits per heavy atom. The number of benzene rings is 1. The number of amides is 1. The van der Waals surface area contributed by atoms with Crippen molar-refractivity contribution in [3.8, 4) is 0 Å². The van der Waals surface area contributed by atoms with Gasteiger partial charge in [0.1, 0.15) is 0 Å². The van der Waals surface area contributed by atoms with Gasteiger partial charge in [-0.25, -0.2) is 9.97 Å². The summed E-state index contributed by atoms with van der Waals surface area (Å²) >= 11 is 12.6. The first-order valence-electron chi connectivity index (χ1n) is 8.08. The predicted octanol–water partition coefficient (Wildman–Crippen LogP) is 5.41. The van der Waals surface area contributed by atoms with Gasteiger partial charge in [-0.05, 0) is 43.9 Å². The zero-order valence-corrected chi connectivity index (χ0v) is 16.2. The Balaban J connectivity index is 1.71. The molecule has 3 rings (SSSR count). The minimum atomic E-state index is -4.54. The van der Waals surface area contributed by atoms with Crippen molar-refractivity contribution in [1.82, 2.24) is 9.97 Å². The number of alkyl halides is 3. The molecule has 0 saturated carbocycles. The minimum absolute atomic E-state index is 0.0488. The molecule has 1 N–H and O–H groups in total. The summed E-state index contributed by atoms with van der Waals surface area (Å²) in [6, 6.07) is 4.60. The van der Waals surface area contributed by atoms with Crippen LogP contribution in [0, 0.1) is 0 Å². The van der Waals surface area contributed by atoms with Crippen LogP contribution >= 0.6 is 35.0 Å². The van der Waals surface area contributed by atoms with Crippen molar-refractivity contribution in [2.75, 3.05) is 11.1 Å². The van der Waals surface area contributed by atoms with Gasteiger partial charge in [0.25, 0.3) is 0 Å². The van der Waals surface area contributed by atoms with E-state index in [1.165, 1.54) is 12.1 Å². The molecule has 27 heavy (non-hydrogen) atoms. The quantitative estimate of drug-likeness (QED) is 0.514. The third-order valence-corrected chi connectivity index (χ3v) is 5.55. The van der Waals surface area contributed by atoms with Gasteiger partial charge in [-0.2, -0.15) is 13.2 Å². The number of nitrogens with zero attached hydrogens (tertiary/aromatic N) is 2. The van der Waals surface area contributed by atoms with E-state index in [1.54, 1.807) is 6.07 Å². The SMILES string of the molecule is O=C(CSc1nc2c(c(C(F)(F)F)n1)CCCC2)Nc1ccc(Cl)c(Cl)c1. The lowest BCUT2D eigenvalue weighted by Gasteiger charge is -2.20. The average Bonchev–Trinajstić information content (AvgIpc) is 2.61. The van der Waals surface area contributed by atoms with Crippen molar-refractivity contribution in [3.63, 3.8) is 0 Å². The normalized spacial score (nSPS) is 14.0. The summed E-state index contributed by atoms with van der Waals surface area (Å²) < 4.78 is 39.9. The smallest absolute Gasteiger partial charge is 0.325 e. The molecule has 2 aromatic rings. The maximum atomic E-state index is 13.3. The van der Waals surface area contributed by atoms with Crippen LogP contribution in [0.15, 0.2) is 23.4 Å². The van der Waals surface area contributed by atoms with Crippen molar-refractivity contribution < 1.29 is 18.0 Å². The van der Waals surface area contributed by atoms with E-state index in [9.17, 15) is 18.0 Å². The third kappa shape index (κ3) is 5.06. The number of aryl methyl sites for hydroxylation is 1. The largest absolute Gasteiger partial charge is 0.433 e. The second-order valence-corrected chi connectivity index (χ2v) is 7.71. The minimum Gasteiger partial charge on any atom is -0.325 e. The van der Waals surface area contributed by atoms with Gasteiger partial charge >= 0.3 is 6.18 Å². The Morgan fingerprint density at radius 2 is 1.89 bits per heavy atom. The zero-order chi connectivity index (χ0) is 19.6. The molecule has 0 saturated heterocycles. The van der Waals surface area contributed by atoms with E-state index in [1.807, 2.05) is 0 Å². The van der Waals surface area contributed by atoms with Crippen LogP contribution in [0.1, 0.15) is 29.8 Å². The molecule has 1 aliphatic carbocycles. The molecular formula is C17H14Cl2F3N3OS. The van der Waals surface area contributed by atoms with E-state index < -0.39 is 17.8 Å². The van der Waals surface area contributed by atoms with Gasteiger partial charge < -0.3 is 5.32 Å². The fourth-order valence-electron chi connectivity index (χ4n) is 2.77. The standard InChI is InChI=1S/C17H14Cl2F3N3OS/c18-11-6-5-9(7-12(11)19)23-14(26)8-27-16-24-13-4-2-1-3-10(13)15(25-16)17(20,21)22/h5-7H,1-4,8H2,(H,23,26). The number of nitrogens with one attached hydrogen (secondary N) is 1. The summed E-state index contributed by atoms with van der Waals surface area (Å²) in [5, 5.41) is 3.20. The molecule has 0 unspecified atom stereocenters. The molecule has 0 radical (unpaired) electrons. The predicted molar refractivity (Wildman–Crippen MR) is 99.5 cm³/mol. The van der Waals surface area contributed by atoms with Crippen LogP contribution < -0.4 is 5.32 Å². The number of carbonyl (C=O) groups is 1. The van der Waals surface area contributed by atoms with Crippen LogP contribution in [0.4, 0.5) is 18.9 Å². The number of hydrogen-bond acceptors (Lipinski definition) is 4. The van der Waals surface area contributed by atoms with Crippen molar-refractivity contribution in [1.29, 1.82) is 0 Å². The first-order chi connectivity index (χ1) is 12.7. The molecule has 0 spiro atoms.